The Labute approximate surface area is 157 Å². The Morgan fingerprint density at radius 2 is 1.26 bits per heavy atom. The van der Waals surface area contributed by atoms with E-state index in [0.717, 1.165) is 12.1 Å². The number of amides is 2. The van der Waals surface area contributed by atoms with E-state index in [4.69, 9.17) is 0 Å². The first-order chi connectivity index (χ1) is 13.1. The number of hydrogen-bond donors (Lipinski definition) is 0. The lowest BCUT2D eigenvalue weighted by Crippen LogP contribution is -2.32. The molecule has 5 rings (SSSR count). The molecule has 5 nitrogen and oxygen atoms in total. The first kappa shape index (κ1) is 16.1. The lowest BCUT2D eigenvalue weighted by molar-refractivity contribution is -0.123. The third-order valence-corrected chi connectivity index (χ3v) is 5.89. The highest BCUT2D eigenvalue weighted by atomic mass is 16.2. The van der Waals surface area contributed by atoms with Crippen LogP contribution in [0.3, 0.4) is 0 Å². The van der Waals surface area contributed by atoms with Crippen molar-refractivity contribution in [3.8, 4) is 0 Å². The van der Waals surface area contributed by atoms with Gasteiger partial charge in [-0.1, -0.05) is 29.8 Å². The van der Waals surface area contributed by atoms with Crippen molar-refractivity contribution in [3.63, 3.8) is 0 Å². The fourth-order valence-electron chi connectivity index (χ4n) is 4.55. The highest BCUT2D eigenvalue weighted by molar-refractivity contribution is 6.22. The second-order valence-electron chi connectivity index (χ2n) is 7.56. The fourth-order valence-corrected chi connectivity index (χ4v) is 4.55. The summed E-state index contributed by atoms with van der Waals surface area (Å²) in [7, 11) is 0. The van der Waals surface area contributed by atoms with Gasteiger partial charge in [0.25, 0.3) is 0 Å². The molecule has 1 saturated heterocycles. The van der Waals surface area contributed by atoms with Crippen LogP contribution in [0.5, 0.6) is 0 Å². The predicted octanol–water partition coefficient (Wildman–Crippen LogP) is 4.72. The summed E-state index contributed by atoms with van der Waals surface area (Å²) < 4.78 is 0. The smallest absolute Gasteiger partial charge is 0.238 e. The maximum atomic E-state index is 12.8. The maximum Gasteiger partial charge on any atom is 0.238 e. The molecule has 2 fully saturated rings. The van der Waals surface area contributed by atoms with Gasteiger partial charge in [0.05, 0.1) is 28.9 Å². The molecule has 0 aromatic heterocycles. The number of aryl methyl sites for hydroxylation is 1. The topological polar surface area (TPSA) is 62.1 Å². The molecule has 4 atom stereocenters. The molecule has 1 saturated carbocycles. The molecule has 1 heterocycles. The van der Waals surface area contributed by atoms with E-state index in [2.05, 4.69) is 22.4 Å². The SMILES string of the molecule is Cc1ccc(N=Nc2ccc(N3C(=O)[C@H]4[C@H](C3=O)[C@H]3C=C[C@H]4C3)cc2)cc1. The minimum atomic E-state index is -0.173. The van der Waals surface area contributed by atoms with E-state index in [1.807, 2.05) is 31.2 Å². The van der Waals surface area contributed by atoms with Crippen LogP contribution in [0.15, 0.2) is 70.9 Å². The van der Waals surface area contributed by atoms with Crippen LogP contribution >= 0.6 is 0 Å². The van der Waals surface area contributed by atoms with Gasteiger partial charge >= 0.3 is 0 Å². The molecule has 0 unspecified atom stereocenters. The molecule has 1 aliphatic heterocycles. The maximum absolute atomic E-state index is 12.8. The summed E-state index contributed by atoms with van der Waals surface area (Å²) in [6.45, 7) is 2.02. The van der Waals surface area contributed by atoms with Crippen molar-refractivity contribution >= 4 is 28.9 Å². The molecule has 3 aliphatic rings. The molecule has 5 heteroatoms. The third kappa shape index (κ3) is 2.53. The van der Waals surface area contributed by atoms with Gasteiger partial charge in [0.2, 0.25) is 11.8 Å². The second-order valence-corrected chi connectivity index (χ2v) is 7.56. The number of nitrogens with zero attached hydrogens (tertiary/aromatic N) is 3. The Morgan fingerprint density at radius 3 is 1.78 bits per heavy atom. The van der Waals surface area contributed by atoms with Crippen LogP contribution in [0.2, 0.25) is 0 Å². The summed E-state index contributed by atoms with van der Waals surface area (Å²) in [5, 5.41) is 8.45. The molecule has 134 valence electrons. The van der Waals surface area contributed by atoms with Crippen LogP contribution in [-0.4, -0.2) is 11.8 Å². The van der Waals surface area contributed by atoms with Crippen LogP contribution < -0.4 is 4.90 Å². The number of carbonyl (C=O) groups excluding carboxylic acids is 2. The van der Waals surface area contributed by atoms with Crippen molar-refractivity contribution in [1.82, 2.24) is 0 Å². The molecule has 0 N–H and O–H groups in total. The van der Waals surface area contributed by atoms with E-state index in [9.17, 15) is 9.59 Å². The third-order valence-electron chi connectivity index (χ3n) is 5.89. The number of fused-ring (bicyclic) bond motifs is 5. The van der Waals surface area contributed by atoms with Gasteiger partial charge in [-0.2, -0.15) is 10.2 Å². The molecule has 2 bridgehead atoms. The molecular weight excluding hydrogens is 338 g/mol. The molecule has 2 aliphatic carbocycles. The molecule has 2 amide bonds. The van der Waals surface area contributed by atoms with Gasteiger partial charge in [0, 0.05) is 0 Å². The van der Waals surface area contributed by atoms with Gasteiger partial charge in [0.1, 0.15) is 0 Å². The number of allylic oxidation sites excluding steroid dienone is 2. The Hall–Kier alpha value is -3.08. The van der Waals surface area contributed by atoms with Gasteiger partial charge in [-0.25, -0.2) is 0 Å². The summed E-state index contributed by atoms with van der Waals surface area (Å²) in [5.41, 5.74) is 3.26. The summed E-state index contributed by atoms with van der Waals surface area (Å²) in [6.07, 6.45) is 5.16. The number of rotatable bonds is 3. The van der Waals surface area contributed by atoms with Crippen molar-refractivity contribution in [2.75, 3.05) is 4.90 Å². The summed E-state index contributed by atoms with van der Waals surface area (Å²) >= 11 is 0. The van der Waals surface area contributed by atoms with E-state index in [0.29, 0.717) is 11.4 Å². The Balaban J connectivity index is 1.36. The molecule has 2 aromatic rings. The zero-order valence-electron chi connectivity index (χ0n) is 14.9. The van der Waals surface area contributed by atoms with E-state index >= 15 is 0 Å². The first-order valence-corrected chi connectivity index (χ1v) is 9.26. The number of benzene rings is 2. The first-order valence-electron chi connectivity index (χ1n) is 9.26. The minimum Gasteiger partial charge on any atom is -0.274 e. The van der Waals surface area contributed by atoms with E-state index < -0.39 is 0 Å². The van der Waals surface area contributed by atoms with Gasteiger partial charge < -0.3 is 0 Å². The molecule has 2 aromatic carbocycles. The van der Waals surface area contributed by atoms with Crippen LogP contribution in [0, 0.1) is 30.6 Å². The summed E-state index contributed by atoms with van der Waals surface area (Å²) in [4.78, 5) is 27.0. The highest BCUT2D eigenvalue weighted by Crippen LogP contribution is 2.53. The Bertz CT molecular complexity index is 946. The quantitative estimate of drug-likeness (QED) is 0.453. The summed E-state index contributed by atoms with van der Waals surface area (Å²) in [6, 6.07) is 14.9. The zero-order valence-corrected chi connectivity index (χ0v) is 14.9. The number of hydrogen-bond acceptors (Lipinski definition) is 4. The van der Waals surface area contributed by atoms with Crippen LogP contribution in [0.25, 0.3) is 0 Å². The Kier molecular flexibility index (Phi) is 3.57. The monoisotopic (exact) mass is 357 g/mol. The van der Waals surface area contributed by atoms with Crippen molar-refractivity contribution in [3.05, 3.63) is 66.2 Å². The van der Waals surface area contributed by atoms with E-state index in [1.165, 1.54) is 10.5 Å². The van der Waals surface area contributed by atoms with Gasteiger partial charge in [-0.3, -0.25) is 14.5 Å². The number of anilines is 1. The molecule has 0 radical (unpaired) electrons. The number of imide groups is 1. The van der Waals surface area contributed by atoms with Gasteiger partial charge in [-0.05, 0) is 61.6 Å². The van der Waals surface area contributed by atoms with Crippen LogP contribution in [0.1, 0.15) is 12.0 Å². The van der Waals surface area contributed by atoms with E-state index in [-0.39, 0.29) is 35.5 Å². The van der Waals surface area contributed by atoms with Crippen molar-refractivity contribution in [2.24, 2.45) is 33.9 Å². The normalized spacial score (nSPS) is 28.6. The lowest BCUT2D eigenvalue weighted by Gasteiger charge is -2.17. The number of azo groups is 1. The van der Waals surface area contributed by atoms with Crippen LogP contribution in [-0.2, 0) is 9.59 Å². The largest absolute Gasteiger partial charge is 0.274 e. The summed E-state index contributed by atoms with van der Waals surface area (Å²) in [5.74, 6) is -0.0124. The van der Waals surface area contributed by atoms with Gasteiger partial charge in [-0.15, -0.1) is 0 Å². The van der Waals surface area contributed by atoms with Crippen molar-refractivity contribution < 1.29 is 9.59 Å². The molecule has 27 heavy (non-hydrogen) atoms. The molecule has 0 spiro atoms. The lowest BCUT2D eigenvalue weighted by atomic mass is 9.85. The molecular formula is C22H19N3O2. The minimum absolute atomic E-state index is 0.0594. The predicted molar refractivity (Wildman–Crippen MR) is 102 cm³/mol. The fraction of sp³-hybridized carbons (Fsp3) is 0.273. The average Bonchev–Trinajstić information content (AvgIpc) is 3.36. The average molecular weight is 357 g/mol. The zero-order chi connectivity index (χ0) is 18.5. The van der Waals surface area contributed by atoms with Crippen molar-refractivity contribution in [1.29, 1.82) is 0 Å². The number of carbonyl (C=O) groups is 2. The highest BCUT2D eigenvalue weighted by Gasteiger charge is 2.59. The van der Waals surface area contributed by atoms with Gasteiger partial charge in [0.15, 0.2) is 0 Å². The standard InChI is InChI=1S/C22H19N3O2/c1-13-2-6-16(7-3-13)23-24-17-8-10-18(11-9-17)25-21(26)19-14-4-5-15(12-14)20(19)22(25)27/h2-11,14-15,19-20H,12H2,1H3/t14-,15-,19+,20+/m0/s1. The Morgan fingerprint density at radius 1 is 0.778 bits per heavy atom. The van der Waals surface area contributed by atoms with Crippen LogP contribution in [0.4, 0.5) is 17.1 Å². The second kappa shape index (κ2) is 5.98. The van der Waals surface area contributed by atoms with E-state index in [1.54, 1.807) is 24.3 Å². The van der Waals surface area contributed by atoms with Crippen molar-refractivity contribution in [2.45, 2.75) is 13.3 Å².